The van der Waals surface area contributed by atoms with Crippen molar-refractivity contribution in [2.75, 3.05) is 0 Å². The van der Waals surface area contributed by atoms with Gasteiger partial charge in [-0.1, -0.05) is 19.0 Å². The largest absolute Gasteiger partial charge is 0.359 e. The molecule has 0 atom stereocenters. The molecule has 2 aromatic heterocycles. The molecule has 0 radical (unpaired) electrons. The van der Waals surface area contributed by atoms with Crippen molar-refractivity contribution >= 4 is 0 Å². The molecule has 0 aromatic carbocycles. The first-order chi connectivity index (χ1) is 8.54. The number of aromatic nitrogens is 4. The van der Waals surface area contributed by atoms with Gasteiger partial charge in [-0.25, -0.2) is 9.67 Å². The van der Waals surface area contributed by atoms with E-state index in [4.69, 9.17) is 4.52 Å². The number of rotatable bonds is 5. The number of nitrogens with one attached hydrogen (secondary N) is 1. The number of aryl methyl sites for hydroxylation is 2. The molecule has 0 aliphatic heterocycles. The van der Waals surface area contributed by atoms with Crippen LogP contribution in [0.25, 0.3) is 0 Å². The van der Waals surface area contributed by atoms with Crippen molar-refractivity contribution in [1.82, 2.24) is 25.2 Å². The normalized spacial score (nSPS) is 11.4. The first-order valence-electron chi connectivity index (χ1n) is 6.10. The predicted molar refractivity (Wildman–Crippen MR) is 67.1 cm³/mol. The van der Waals surface area contributed by atoms with Crippen molar-refractivity contribution in [2.24, 2.45) is 0 Å². The van der Waals surface area contributed by atoms with Gasteiger partial charge in [0, 0.05) is 18.7 Å². The van der Waals surface area contributed by atoms with Crippen LogP contribution in [-0.2, 0) is 13.1 Å². The van der Waals surface area contributed by atoms with E-state index in [2.05, 4.69) is 34.4 Å². The van der Waals surface area contributed by atoms with Gasteiger partial charge in [-0.2, -0.15) is 5.10 Å². The highest BCUT2D eigenvalue weighted by Gasteiger charge is 2.08. The van der Waals surface area contributed by atoms with Crippen LogP contribution < -0.4 is 5.32 Å². The van der Waals surface area contributed by atoms with Gasteiger partial charge >= 0.3 is 0 Å². The number of hydrogen-bond acceptors (Lipinski definition) is 5. The maximum Gasteiger partial charge on any atom is 0.158 e. The molecule has 6 nitrogen and oxygen atoms in total. The van der Waals surface area contributed by atoms with E-state index in [0.717, 1.165) is 29.6 Å². The molecule has 2 heterocycles. The Hall–Kier alpha value is -1.69. The van der Waals surface area contributed by atoms with E-state index in [1.165, 1.54) is 0 Å². The monoisotopic (exact) mass is 249 g/mol. The van der Waals surface area contributed by atoms with Gasteiger partial charge in [0.1, 0.15) is 18.2 Å². The minimum absolute atomic E-state index is 0.436. The molecule has 1 N–H and O–H groups in total. The summed E-state index contributed by atoms with van der Waals surface area (Å²) in [5.74, 6) is 2.45. The van der Waals surface area contributed by atoms with E-state index in [1.54, 1.807) is 0 Å². The topological polar surface area (TPSA) is 68.8 Å². The molecule has 0 spiro atoms. The quantitative estimate of drug-likeness (QED) is 0.868. The fourth-order valence-electron chi connectivity index (χ4n) is 1.68. The molecule has 2 rings (SSSR count). The van der Waals surface area contributed by atoms with Crippen molar-refractivity contribution in [3.05, 3.63) is 29.2 Å². The minimum Gasteiger partial charge on any atom is -0.359 e. The van der Waals surface area contributed by atoms with E-state index in [-0.39, 0.29) is 0 Å². The molecule has 0 aliphatic carbocycles. The fraction of sp³-hybridized carbons (Fsp3) is 0.583. The zero-order valence-corrected chi connectivity index (χ0v) is 11.3. The second-order valence-electron chi connectivity index (χ2n) is 4.68. The summed E-state index contributed by atoms with van der Waals surface area (Å²) >= 11 is 0. The Kier molecular flexibility index (Phi) is 3.76. The third kappa shape index (κ3) is 3.16. The van der Waals surface area contributed by atoms with Gasteiger partial charge in [-0.15, -0.1) is 0 Å². The summed E-state index contributed by atoms with van der Waals surface area (Å²) in [7, 11) is 0. The van der Waals surface area contributed by atoms with Crippen LogP contribution in [0.2, 0.25) is 0 Å². The predicted octanol–water partition coefficient (Wildman–Crippen LogP) is 1.43. The molecule has 0 saturated heterocycles. The molecule has 0 amide bonds. The molecular weight excluding hydrogens is 230 g/mol. The lowest BCUT2D eigenvalue weighted by atomic mass is 10.3. The maximum absolute atomic E-state index is 5.29. The van der Waals surface area contributed by atoms with E-state index < -0.39 is 0 Å². The third-order valence-corrected chi connectivity index (χ3v) is 2.57. The van der Waals surface area contributed by atoms with Gasteiger partial charge in [-0.3, -0.25) is 0 Å². The Balaban J connectivity index is 2.00. The van der Waals surface area contributed by atoms with Gasteiger partial charge in [0.2, 0.25) is 0 Å². The molecule has 98 valence electrons. The van der Waals surface area contributed by atoms with Gasteiger partial charge in [0.05, 0.1) is 5.69 Å². The van der Waals surface area contributed by atoms with Crippen LogP contribution in [0.4, 0.5) is 0 Å². The van der Waals surface area contributed by atoms with Crippen LogP contribution in [0.5, 0.6) is 0 Å². The molecule has 0 saturated carbocycles. The van der Waals surface area contributed by atoms with Crippen molar-refractivity contribution in [3.8, 4) is 0 Å². The van der Waals surface area contributed by atoms with Crippen LogP contribution in [0.1, 0.15) is 37.0 Å². The van der Waals surface area contributed by atoms with Crippen LogP contribution in [0, 0.1) is 13.8 Å². The standard InChI is InChI=1S/C12H19N5O/c1-8(2)13-6-11-5-12(18-16-11)7-17-10(4)14-9(3)15-17/h5,8,13H,6-7H2,1-4H3. The Morgan fingerprint density at radius 2 is 2.17 bits per heavy atom. The highest BCUT2D eigenvalue weighted by Crippen LogP contribution is 2.07. The first-order valence-corrected chi connectivity index (χ1v) is 6.10. The maximum atomic E-state index is 5.29. The highest BCUT2D eigenvalue weighted by atomic mass is 16.5. The molecule has 0 bridgehead atoms. The summed E-state index contributed by atoms with van der Waals surface area (Å²) in [6, 6.07) is 2.39. The Bertz CT molecular complexity index is 514. The summed E-state index contributed by atoms with van der Waals surface area (Å²) in [6.45, 7) is 9.29. The van der Waals surface area contributed by atoms with Gasteiger partial charge in [0.25, 0.3) is 0 Å². The molecule has 0 fully saturated rings. The lowest BCUT2D eigenvalue weighted by Crippen LogP contribution is -2.21. The number of hydrogen-bond donors (Lipinski definition) is 1. The zero-order valence-electron chi connectivity index (χ0n) is 11.3. The van der Waals surface area contributed by atoms with Crippen molar-refractivity contribution in [3.63, 3.8) is 0 Å². The van der Waals surface area contributed by atoms with Crippen LogP contribution in [0.15, 0.2) is 10.6 Å². The van der Waals surface area contributed by atoms with E-state index in [1.807, 2.05) is 24.6 Å². The second-order valence-corrected chi connectivity index (χ2v) is 4.68. The van der Waals surface area contributed by atoms with Crippen molar-refractivity contribution in [2.45, 2.75) is 46.8 Å². The van der Waals surface area contributed by atoms with Crippen molar-refractivity contribution < 1.29 is 4.52 Å². The smallest absolute Gasteiger partial charge is 0.158 e. The van der Waals surface area contributed by atoms with Gasteiger partial charge in [-0.05, 0) is 13.8 Å². The Morgan fingerprint density at radius 1 is 1.39 bits per heavy atom. The Labute approximate surface area is 106 Å². The third-order valence-electron chi connectivity index (χ3n) is 2.57. The van der Waals surface area contributed by atoms with Gasteiger partial charge < -0.3 is 9.84 Å². The summed E-state index contributed by atoms with van der Waals surface area (Å²) in [5.41, 5.74) is 0.910. The zero-order chi connectivity index (χ0) is 13.1. The fourth-order valence-corrected chi connectivity index (χ4v) is 1.68. The SMILES string of the molecule is Cc1nc(C)n(Cc2cc(CNC(C)C)no2)n1. The van der Waals surface area contributed by atoms with Gasteiger partial charge in [0.15, 0.2) is 5.76 Å². The molecule has 2 aromatic rings. The number of nitrogens with zero attached hydrogens (tertiary/aromatic N) is 4. The highest BCUT2D eigenvalue weighted by molar-refractivity contribution is 5.06. The van der Waals surface area contributed by atoms with Crippen LogP contribution in [-0.4, -0.2) is 26.0 Å². The average Bonchev–Trinajstić information content (AvgIpc) is 2.84. The molecular formula is C12H19N5O. The summed E-state index contributed by atoms with van der Waals surface area (Å²) in [5, 5.41) is 11.6. The summed E-state index contributed by atoms with van der Waals surface area (Å²) in [6.07, 6.45) is 0. The van der Waals surface area contributed by atoms with E-state index >= 15 is 0 Å². The van der Waals surface area contributed by atoms with Crippen LogP contribution in [0.3, 0.4) is 0 Å². The Morgan fingerprint density at radius 3 is 2.78 bits per heavy atom. The first kappa shape index (κ1) is 12.8. The molecule has 0 aliphatic rings. The molecule has 6 heteroatoms. The van der Waals surface area contributed by atoms with Crippen LogP contribution >= 0.6 is 0 Å². The van der Waals surface area contributed by atoms with Crippen molar-refractivity contribution in [1.29, 1.82) is 0 Å². The second kappa shape index (κ2) is 5.30. The summed E-state index contributed by atoms with van der Waals surface area (Å²) < 4.78 is 7.10. The molecule has 0 unspecified atom stereocenters. The average molecular weight is 249 g/mol. The lowest BCUT2D eigenvalue weighted by Gasteiger charge is -2.03. The lowest BCUT2D eigenvalue weighted by molar-refractivity contribution is 0.362. The minimum atomic E-state index is 0.436. The summed E-state index contributed by atoms with van der Waals surface area (Å²) in [4.78, 5) is 4.25. The van der Waals surface area contributed by atoms with E-state index in [0.29, 0.717) is 12.6 Å². The van der Waals surface area contributed by atoms with E-state index in [9.17, 15) is 0 Å². The molecule has 18 heavy (non-hydrogen) atoms.